The SMILES string of the molecule is Cc1cc(Br)ccc1N=C1NC(=O)/C(=C/c2ccc(Sc3nc4ccccc4[nH]3)o2)S1. The summed E-state index contributed by atoms with van der Waals surface area (Å²) in [5, 5.41) is 4.80. The van der Waals surface area contributed by atoms with Crippen LogP contribution in [0.25, 0.3) is 17.1 Å². The maximum absolute atomic E-state index is 12.4. The van der Waals surface area contributed by atoms with E-state index in [-0.39, 0.29) is 5.91 Å². The first-order valence-corrected chi connectivity index (χ1v) is 11.7. The highest BCUT2D eigenvalue weighted by Crippen LogP contribution is 2.33. The van der Waals surface area contributed by atoms with E-state index < -0.39 is 0 Å². The Morgan fingerprint density at radius 2 is 2.06 bits per heavy atom. The molecule has 0 atom stereocenters. The van der Waals surface area contributed by atoms with Crippen LogP contribution in [0, 0.1) is 6.92 Å². The van der Waals surface area contributed by atoms with Gasteiger partial charge in [-0.2, -0.15) is 0 Å². The van der Waals surface area contributed by atoms with E-state index in [1.54, 1.807) is 6.08 Å². The molecule has 5 rings (SSSR count). The number of hydrogen-bond acceptors (Lipinski definition) is 6. The predicted molar refractivity (Wildman–Crippen MR) is 129 cm³/mol. The number of aliphatic imine (C=N–C) groups is 1. The second-order valence-corrected chi connectivity index (χ2v) is 9.67. The number of para-hydroxylation sites is 2. The van der Waals surface area contributed by atoms with Crippen LogP contribution in [0.4, 0.5) is 5.69 Å². The van der Waals surface area contributed by atoms with Gasteiger partial charge >= 0.3 is 0 Å². The zero-order chi connectivity index (χ0) is 21.4. The average molecular weight is 511 g/mol. The molecule has 0 unspecified atom stereocenters. The maximum Gasteiger partial charge on any atom is 0.264 e. The molecule has 4 aromatic rings. The van der Waals surface area contributed by atoms with E-state index in [1.807, 2.05) is 61.5 Å². The van der Waals surface area contributed by atoms with Crippen LogP contribution in [0.3, 0.4) is 0 Å². The number of nitrogens with one attached hydrogen (secondary N) is 2. The Labute approximate surface area is 194 Å². The number of nitrogens with zero attached hydrogens (tertiary/aromatic N) is 2. The van der Waals surface area contributed by atoms with E-state index >= 15 is 0 Å². The van der Waals surface area contributed by atoms with Gasteiger partial charge in [0.15, 0.2) is 15.4 Å². The minimum Gasteiger partial charge on any atom is -0.450 e. The Balaban J connectivity index is 1.32. The molecule has 31 heavy (non-hydrogen) atoms. The monoisotopic (exact) mass is 510 g/mol. The van der Waals surface area contributed by atoms with Gasteiger partial charge < -0.3 is 14.7 Å². The molecule has 1 amide bonds. The van der Waals surface area contributed by atoms with E-state index in [9.17, 15) is 4.79 Å². The molecule has 1 fully saturated rings. The fraction of sp³-hybridized carbons (Fsp3) is 0.0455. The molecule has 2 aromatic carbocycles. The summed E-state index contributed by atoms with van der Waals surface area (Å²) >= 11 is 6.14. The number of hydrogen-bond donors (Lipinski definition) is 2. The standard InChI is InChI=1S/C22H15BrN4O2S2/c1-12-10-13(23)6-8-15(12)24-22-27-20(28)18(30-22)11-14-7-9-19(29-14)31-21-25-16-4-2-3-5-17(16)26-21/h2-11H,1H3,(H,25,26)(H,24,27,28)/b18-11-. The minimum absolute atomic E-state index is 0.193. The molecule has 0 radical (unpaired) electrons. The molecule has 154 valence electrons. The second-order valence-electron chi connectivity index (χ2n) is 6.73. The number of aromatic nitrogens is 2. The highest BCUT2D eigenvalue weighted by Gasteiger charge is 2.24. The number of aromatic amines is 1. The Hall–Kier alpha value is -2.75. The molecule has 0 spiro atoms. The van der Waals surface area contributed by atoms with Gasteiger partial charge in [0.2, 0.25) is 0 Å². The summed E-state index contributed by atoms with van der Waals surface area (Å²) in [5.74, 6) is 0.402. The summed E-state index contributed by atoms with van der Waals surface area (Å²) < 4.78 is 6.86. The summed E-state index contributed by atoms with van der Waals surface area (Å²) in [6, 6.07) is 17.4. The Kier molecular flexibility index (Phi) is 5.47. The highest BCUT2D eigenvalue weighted by molar-refractivity contribution is 9.10. The number of thioether (sulfide) groups is 1. The summed E-state index contributed by atoms with van der Waals surface area (Å²) in [6.07, 6.45) is 1.72. The van der Waals surface area contributed by atoms with Gasteiger partial charge in [-0.3, -0.25) is 4.79 Å². The van der Waals surface area contributed by atoms with Crippen LogP contribution in [-0.4, -0.2) is 21.0 Å². The number of aryl methyl sites for hydroxylation is 1. The van der Waals surface area contributed by atoms with Crippen molar-refractivity contribution < 1.29 is 9.21 Å². The molecule has 6 nitrogen and oxygen atoms in total. The second kappa shape index (κ2) is 8.41. The zero-order valence-corrected chi connectivity index (χ0v) is 19.4. The van der Waals surface area contributed by atoms with Crippen LogP contribution in [0.5, 0.6) is 0 Å². The lowest BCUT2D eigenvalue weighted by Crippen LogP contribution is -2.19. The number of amidine groups is 1. The van der Waals surface area contributed by atoms with Gasteiger partial charge in [0.05, 0.1) is 21.6 Å². The Morgan fingerprint density at radius 1 is 1.19 bits per heavy atom. The van der Waals surface area contributed by atoms with Gasteiger partial charge in [0.25, 0.3) is 5.91 Å². The summed E-state index contributed by atoms with van der Waals surface area (Å²) in [7, 11) is 0. The molecule has 2 N–H and O–H groups in total. The smallest absolute Gasteiger partial charge is 0.264 e. The van der Waals surface area contributed by atoms with Crippen LogP contribution in [-0.2, 0) is 4.79 Å². The van der Waals surface area contributed by atoms with Crippen molar-refractivity contribution in [2.24, 2.45) is 4.99 Å². The number of fused-ring (bicyclic) bond motifs is 1. The highest BCUT2D eigenvalue weighted by atomic mass is 79.9. The third kappa shape index (κ3) is 4.48. The number of furan rings is 1. The largest absolute Gasteiger partial charge is 0.450 e. The average Bonchev–Trinajstić information content (AvgIpc) is 3.43. The van der Waals surface area contributed by atoms with E-state index in [4.69, 9.17) is 4.42 Å². The fourth-order valence-corrected chi connectivity index (χ4v) is 5.06. The third-order valence-electron chi connectivity index (χ3n) is 4.47. The van der Waals surface area contributed by atoms with E-state index in [0.29, 0.717) is 20.9 Å². The molecule has 0 aliphatic carbocycles. The van der Waals surface area contributed by atoms with E-state index in [1.165, 1.54) is 23.5 Å². The van der Waals surface area contributed by atoms with Gasteiger partial charge in [0.1, 0.15) is 5.76 Å². The van der Waals surface area contributed by atoms with Crippen LogP contribution in [0.2, 0.25) is 0 Å². The summed E-state index contributed by atoms with van der Waals surface area (Å²) in [5.41, 5.74) is 3.72. The maximum atomic E-state index is 12.4. The van der Waals surface area contributed by atoms with Crippen LogP contribution >= 0.6 is 39.5 Å². The number of amides is 1. The number of carbonyl (C=O) groups excluding carboxylic acids is 1. The molecule has 0 bridgehead atoms. The molecular weight excluding hydrogens is 496 g/mol. The molecular formula is C22H15BrN4O2S2. The number of benzene rings is 2. The van der Waals surface area contributed by atoms with Gasteiger partial charge in [-0.25, -0.2) is 9.98 Å². The van der Waals surface area contributed by atoms with Gasteiger partial charge in [-0.1, -0.05) is 28.1 Å². The molecule has 1 saturated heterocycles. The van der Waals surface area contributed by atoms with Crippen molar-refractivity contribution in [1.29, 1.82) is 0 Å². The van der Waals surface area contributed by atoms with Crippen LogP contribution < -0.4 is 5.32 Å². The first kappa shape index (κ1) is 20.2. The minimum atomic E-state index is -0.193. The summed E-state index contributed by atoms with van der Waals surface area (Å²) in [6.45, 7) is 1.98. The number of imidazole rings is 1. The lowest BCUT2D eigenvalue weighted by atomic mass is 10.2. The molecule has 0 saturated carbocycles. The first-order valence-electron chi connectivity index (χ1n) is 9.32. The third-order valence-corrected chi connectivity index (χ3v) is 6.68. The zero-order valence-electron chi connectivity index (χ0n) is 16.2. The van der Waals surface area contributed by atoms with Crippen molar-refractivity contribution in [3.8, 4) is 0 Å². The van der Waals surface area contributed by atoms with Crippen LogP contribution in [0.15, 0.2) is 83.6 Å². The van der Waals surface area contributed by atoms with Gasteiger partial charge in [0, 0.05) is 10.5 Å². The lowest BCUT2D eigenvalue weighted by molar-refractivity contribution is -0.115. The first-order chi connectivity index (χ1) is 15.0. The van der Waals surface area contributed by atoms with Gasteiger partial charge in [-0.05, 0) is 78.5 Å². The topological polar surface area (TPSA) is 83.3 Å². The Bertz CT molecular complexity index is 1340. The van der Waals surface area contributed by atoms with Crippen molar-refractivity contribution >= 4 is 73.3 Å². The van der Waals surface area contributed by atoms with Crippen molar-refractivity contribution in [2.75, 3.05) is 0 Å². The van der Waals surface area contributed by atoms with Crippen molar-refractivity contribution in [1.82, 2.24) is 15.3 Å². The van der Waals surface area contributed by atoms with E-state index in [2.05, 4.69) is 36.2 Å². The lowest BCUT2D eigenvalue weighted by Gasteiger charge is -2.01. The fourth-order valence-electron chi connectivity index (χ4n) is 3.00. The molecule has 2 aromatic heterocycles. The van der Waals surface area contributed by atoms with Crippen molar-refractivity contribution in [3.05, 3.63) is 75.3 Å². The van der Waals surface area contributed by atoms with Crippen molar-refractivity contribution in [3.63, 3.8) is 0 Å². The molecule has 1 aliphatic rings. The molecule has 1 aliphatic heterocycles. The predicted octanol–water partition coefficient (Wildman–Crippen LogP) is 6.27. The van der Waals surface area contributed by atoms with E-state index in [0.717, 1.165) is 31.9 Å². The van der Waals surface area contributed by atoms with Crippen LogP contribution in [0.1, 0.15) is 11.3 Å². The quantitative estimate of drug-likeness (QED) is 0.316. The van der Waals surface area contributed by atoms with Gasteiger partial charge in [-0.15, -0.1) is 0 Å². The molecule has 3 heterocycles. The number of H-pyrrole nitrogens is 1. The Morgan fingerprint density at radius 3 is 2.90 bits per heavy atom. The summed E-state index contributed by atoms with van der Waals surface area (Å²) in [4.78, 5) is 25.3. The van der Waals surface area contributed by atoms with Crippen molar-refractivity contribution in [2.45, 2.75) is 17.2 Å². The molecule has 9 heteroatoms. The number of halogens is 1. The number of rotatable bonds is 4. The normalized spacial score (nSPS) is 16.5. The number of carbonyl (C=O) groups is 1.